The second kappa shape index (κ2) is 15.1. The van der Waals surface area contributed by atoms with Crippen LogP contribution in [-0.4, -0.2) is 68.1 Å². The monoisotopic (exact) mass is 684 g/mol. The van der Waals surface area contributed by atoms with Crippen LogP contribution in [-0.2, 0) is 28.2 Å². The van der Waals surface area contributed by atoms with Gasteiger partial charge in [0, 0.05) is 48.1 Å². The number of hydrogen-bond acceptors (Lipinski definition) is 10. The van der Waals surface area contributed by atoms with Crippen molar-refractivity contribution in [3.05, 3.63) is 124 Å². The maximum Gasteiger partial charge on any atom is 0.338 e. The molecule has 0 spiro atoms. The molecule has 0 aliphatic carbocycles. The molecule has 0 saturated carbocycles. The zero-order valence-electron chi connectivity index (χ0n) is 26.7. The lowest BCUT2D eigenvalue weighted by molar-refractivity contribution is -0.0957. The van der Waals surface area contributed by atoms with Gasteiger partial charge in [-0.15, -0.1) is 11.3 Å². The summed E-state index contributed by atoms with van der Waals surface area (Å²) in [6, 6.07) is 19.6. The van der Waals surface area contributed by atoms with Crippen molar-refractivity contribution in [3.8, 4) is 17.3 Å². The number of aliphatic hydroxyl groups is 1. The minimum atomic E-state index is -1.48. The average molecular weight is 685 g/mol. The number of nitrogens with zero attached hydrogens (tertiary/aromatic N) is 6. The van der Waals surface area contributed by atoms with Crippen molar-refractivity contribution in [2.45, 2.75) is 44.1 Å². The Morgan fingerprint density at radius 1 is 1.14 bits per heavy atom. The van der Waals surface area contributed by atoms with E-state index >= 15 is 4.39 Å². The quantitative estimate of drug-likeness (QED) is 0.123. The van der Waals surface area contributed by atoms with Gasteiger partial charge < -0.3 is 14.6 Å². The Labute approximate surface area is 286 Å². The molecule has 3 aromatic carbocycles. The highest BCUT2D eigenvalue weighted by molar-refractivity contribution is 7.10. The fraction of sp³-hybridized carbons (Fsp3) is 0.306. The number of nitriles is 1. The van der Waals surface area contributed by atoms with E-state index in [-0.39, 0.29) is 31.4 Å². The predicted molar refractivity (Wildman–Crippen MR) is 177 cm³/mol. The van der Waals surface area contributed by atoms with Gasteiger partial charge in [0.1, 0.15) is 36.5 Å². The van der Waals surface area contributed by atoms with E-state index in [2.05, 4.69) is 21.1 Å². The fourth-order valence-electron chi connectivity index (χ4n) is 6.03. The fourth-order valence-corrected chi connectivity index (χ4v) is 6.99. The summed E-state index contributed by atoms with van der Waals surface area (Å²) in [4.78, 5) is 24.0. The first kappa shape index (κ1) is 34.0. The topological polar surface area (TPSA) is 126 Å². The highest BCUT2D eigenvalue weighted by Gasteiger charge is 2.44. The molecule has 0 amide bonds. The van der Waals surface area contributed by atoms with Crippen molar-refractivity contribution in [2.24, 2.45) is 0 Å². The molecule has 3 heterocycles. The van der Waals surface area contributed by atoms with E-state index in [9.17, 15) is 19.6 Å². The van der Waals surface area contributed by atoms with Crippen LogP contribution in [0.4, 0.5) is 8.78 Å². The Kier molecular flexibility index (Phi) is 10.5. The van der Waals surface area contributed by atoms with Crippen LogP contribution in [0.5, 0.6) is 0 Å². The van der Waals surface area contributed by atoms with Gasteiger partial charge in [0.2, 0.25) is 0 Å². The van der Waals surface area contributed by atoms with Crippen LogP contribution in [0.25, 0.3) is 11.3 Å². The van der Waals surface area contributed by atoms with E-state index in [1.54, 1.807) is 24.3 Å². The third kappa shape index (κ3) is 7.90. The molecular weight excluding hydrogens is 650 g/mol. The minimum Gasteiger partial charge on any atom is -0.460 e. The summed E-state index contributed by atoms with van der Waals surface area (Å²) in [6.07, 6.45) is 3.28. The molecule has 3 atom stereocenters. The van der Waals surface area contributed by atoms with Crippen LogP contribution in [0.15, 0.2) is 84.8 Å². The molecule has 0 bridgehead atoms. The van der Waals surface area contributed by atoms with Crippen LogP contribution < -0.4 is 0 Å². The molecular formula is C36H34F2N6O4S. The molecule has 1 N–H and O–H groups in total. The van der Waals surface area contributed by atoms with E-state index in [0.717, 1.165) is 30.2 Å². The predicted octanol–water partition coefficient (Wildman–Crippen LogP) is 5.69. The minimum absolute atomic E-state index is 0.00798. The molecule has 252 valence electrons. The molecule has 0 radical (unpaired) electrons. The second-order valence-electron chi connectivity index (χ2n) is 11.9. The van der Waals surface area contributed by atoms with Gasteiger partial charge in [0.05, 0.1) is 47.2 Å². The van der Waals surface area contributed by atoms with E-state index < -0.39 is 29.1 Å². The van der Waals surface area contributed by atoms with E-state index in [1.165, 1.54) is 40.8 Å². The Hall–Kier alpha value is -4.87. The van der Waals surface area contributed by atoms with Gasteiger partial charge in [0.15, 0.2) is 0 Å². The largest absolute Gasteiger partial charge is 0.460 e. The van der Waals surface area contributed by atoms with E-state index in [1.807, 2.05) is 36.6 Å². The third-order valence-electron chi connectivity index (χ3n) is 8.67. The first-order valence-corrected chi connectivity index (χ1v) is 16.7. The first-order valence-electron chi connectivity index (χ1n) is 15.8. The summed E-state index contributed by atoms with van der Waals surface area (Å²) >= 11 is 1.36. The summed E-state index contributed by atoms with van der Waals surface area (Å²) < 4.78 is 43.5. The Morgan fingerprint density at radius 2 is 1.94 bits per heavy atom. The van der Waals surface area contributed by atoms with Gasteiger partial charge in [-0.25, -0.2) is 28.2 Å². The number of ether oxygens (including phenoxy) is 2. The SMILES string of the molecule is C[C@@H](c1nc(-c2ccc(C#N)cc2)cs1)[C@@](Cn1cncn1)(OCCOC(=O)c1ccc(CN2CCC(O)C2)cc1)c1ccc(F)cc1F. The Balaban J connectivity index is 1.22. The summed E-state index contributed by atoms with van der Waals surface area (Å²) in [5.41, 5.74) is 1.99. The first-order chi connectivity index (χ1) is 23.7. The normalized spacial score (nSPS) is 16.6. The van der Waals surface area contributed by atoms with E-state index in [0.29, 0.717) is 34.9 Å². The standard InChI is InChI=1S/C36H34F2N6O4S/c1-24(34-42-33(20-49-34)27-6-2-25(17-39)3-7-27)36(21-44-23-40-22-41-44,31-11-10-29(37)16-32(31)38)48-15-14-47-35(46)28-8-4-26(5-9-28)18-43-13-12-30(45)19-43/h2-11,16,20,22-24,30,45H,12-15,18-19,21H2,1H3/t24-,30?,36+/m0/s1. The smallest absolute Gasteiger partial charge is 0.338 e. The van der Waals surface area contributed by atoms with Crippen molar-refractivity contribution in [1.82, 2.24) is 24.6 Å². The van der Waals surface area contributed by atoms with Crippen LogP contribution in [0.2, 0.25) is 0 Å². The molecule has 13 heteroatoms. The molecule has 2 aromatic heterocycles. The lowest BCUT2D eigenvalue weighted by atomic mass is 9.81. The molecule has 49 heavy (non-hydrogen) atoms. The number of benzene rings is 3. The number of halogens is 2. The number of aliphatic hydroxyl groups excluding tert-OH is 1. The molecule has 5 aromatic rings. The maximum absolute atomic E-state index is 15.7. The summed E-state index contributed by atoms with van der Waals surface area (Å²) in [6.45, 7) is 3.71. The second-order valence-corrected chi connectivity index (χ2v) is 12.8. The summed E-state index contributed by atoms with van der Waals surface area (Å²) in [5.74, 6) is -2.69. The summed E-state index contributed by atoms with van der Waals surface area (Å²) in [5, 5.41) is 25.7. The molecule has 1 fully saturated rings. The number of hydrogen-bond donors (Lipinski definition) is 1. The average Bonchev–Trinajstić information content (AvgIpc) is 3.89. The number of esters is 1. The number of β-amino-alcohol motifs (C(OH)–C–C–N with tert-alkyl or cyclic N) is 1. The van der Waals surface area contributed by atoms with Crippen LogP contribution in [0.1, 0.15) is 51.3 Å². The van der Waals surface area contributed by atoms with Gasteiger partial charge in [-0.1, -0.05) is 37.3 Å². The molecule has 1 aliphatic rings. The Bertz CT molecular complexity index is 1910. The number of likely N-dealkylation sites (tertiary alicyclic amines) is 1. The van der Waals surface area contributed by atoms with Crippen LogP contribution in [0.3, 0.4) is 0 Å². The zero-order valence-corrected chi connectivity index (χ0v) is 27.5. The van der Waals surface area contributed by atoms with Crippen LogP contribution in [0, 0.1) is 23.0 Å². The zero-order chi connectivity index (χ0) is 34.4. The molecule has 1 aliphatic heterocycles. The number of thiazole rings is 1. The van der Waals surface area contributed by atoms with Gasteiger partial charge in [-0.05, 0) is 42.3 Å². The van der Waals surface area contributed by atoms with Crippen molar-refractivity contribution in [3.63, 3.8) is 0 Å². The molecule has 10 nitrogen and oxygen atoms in total. The maximum atomic E-state index is 15.7. The number of rotatable bonds is 13. The van der Waals surface area contributed by atoms with Crippen LogP contribution >= 0.6 is 11.3 Å². The molecule has 1 saturated heterocycles. The number of aromatic nitrogens is 4. The van der Waals surface area contributed by atoms with Crippen molar-refractivity contribution >= 4 is 17.3 Å². The summed E-state index contributed by atoms with van der Waals surface area (Å²) in [7, 11) is 0. The number of carbonyl (C=O) groups is 1. The highest BCUT2D eigenvalue weighted by Crippen LogP contribution is 2.44. The third-order valence-corrected chi connectivity index (χ3v) is 9.70. The van der Waals surface area contributed by atoms with Gasteiger partial charge in [-0.2, -0.15) is 10.4 Å². The Morgan fingerprint density at radius 3 is 2.61 bits per heavy atom. The van der Waals surface area contributed by atoms with Gasteiger partial charge in [0.25, 0.3) is 0 Å². The van der Waals surface area contributed by atoms with E-state index in [4.69, 9.17) is 14.5 Å². The molecule has 6 rings (SSSR count). The number of carbonyl (C=O) groups excluding carboxylic acids is 1. The van der Waals surface area contributed by atoms with Gasteiger partial charge >= 0.3 is 5.97 Å². The van der Waals surface area contributed by atoms with Crippen molar-refractivity contribution in [1.29, 1.82) is 5.26 Å². The molecule has 1 unspecified atom stereocenters. The van der Waals surface area contributed by atoms with Crippen molar-refractivity contribution < 1.29 is 28.2 Å². The lowest BCUT2D eigenvalue weighted by Gasteiger charge is -2.39. The van der Waals surface area contributed by atoms with Gasteiger partial charge in [-0.3, -0.25) is 4.90 Å². The lowest BCUT2D eigenvalue weighted by Crippen LogP contribution is -2.42. The van der Waals surface area contributed by atoms with Crippen molar-refractivity contribution in [2.75, 3.05) is 26.3 Å². The highest BCUT2D eigenvalue weighted by atomic mass is 32.1.